The molecule has 1 aromatic carbocycles. The van der Waals surface area contributed by atoms with Crippen molar-refractivity contribution in [3.63, 3.8) is 0 Å². The summed E-state index contributed by atoms with van der Waals surface area (Å²) < 4.78 is 30.9. The number of rotatable bonds is 6. The zero-order chi connectivity index (χ0) is 20.3. The van der Waals surface area contributed by atoms with Gasteiger partial charge in [0.1, 0.15) is 6.04 Å². The van der Waals surface area contributed by atoms with Crippen LogP contribution >= 0.6 is 0 Å². The highest BCUT2D eigenvalue weighted by Gasteiger charge is 2.36. The van der Waals surface area contributed by atoms with E-state index in [0.717, 1.165) is 37.9 Å². The Bertz CT molecular complexity index is 788. The van der Waals surface area contributed by atoms with Crippen LogP contribution in [0.2, 0.25) is 0 Å². The summed E-state index contributed by atoms with van der Waals surface area (Å²) in [7, 11) is -3.36. The van der Waals surface area contributed by atoms with Crippen LogP contribution in [0.3, 0.4) is 0 Å². The second-order valence-electron chi connectivity index (χ2n) is 7.97. The molecule has 0 bridgehead atoms. The first-order valence-electron chi connectivity index (χ1n) is 9.93. The minimum Gasteiger partial charge on any atom is -0.373 e. The molecule has 0 radical (unpaired) electrons. The number of amides is 1. The summed E-state index contributed by atoms with van der Waals surface area (Å²) in [5, 5.41) is 2.95. The van der Waals surface area contributed by atoms with Crippen molar-refractivity contribution in [3.8, 4) is 0 Å². The molecule has 7 nitrogen and oxygen atoms in total. The number of hydrogen-bond acceptors (Lipinski definition) is 5. The predicted octanol–water partition coefficient (Wildman–Crippen LogP) is 1.34. The molecular formula is C20H31N3O4S. The van der Waals surface area contributed by atoms with Gasteiger partial charge in [0.2, 0.25) is 15.9 Å². The van der Waals surface area contributed by atoms with Crippen molar-refractivity contribution < 1.29 is 17.9 Å². The van der Waals surface area contributed by atoms with E-state index in [9.17, 15) is 13.2 Å². The molecule has 1 amide bonds. The third-order valence-electron chi connectivity index (χ3n) is 5.39. The van der Waals surface area contributed by atoms with E-state index < -0.39 is 16.1 Å². The summed E-state index contributed by atoms with van der Waals surface area (Å²) in [4.78, 5) is 15.0. The molecule has 3 rings (SSSR count). The molecule has 156 valence electrons. The second-order valence-corrected chi connectivity index (χ2v) is 9.90. The molecule has 2 saturated heterocycles. The van der Waals surface area contributed by atoms with E-state index in [0.29, 0.717) is 19.5 Å². The van der Waals surface area contributed by atoms with Crippen LogP contribution in [0.4, 0.5) is 0 Å². The molecule has 0 aliphatic carbocycles. The van der Waals surface area contributed by atoms with Crippen LogP contribution in [0.5, 0.6) is 0 Å². The van der Waals surface area contributed by atoms with Crippen molar-refractivity contribution in [2.24, 2.45) is 0 Å². The maximum atomic E-state index is 12.6. The Morgan fingerprint density at radius 1 is 1.18 bits per heavy atom. The molecule has 0 spiro atoms. The van der Waals surface area contributed by atoms with Gasteiger partial charge < -0.3 is 10.1 Å². The number of ether oxygens (including phenoxy) is 1. The molecule has 8 heteroatoms. The van der Waals surface area contributed by atoms with E-state index >= 15 is 0 Å². The average molecular weight is 410 g/mol. The SMILES string of the molecule is CC1CN(Cc2ccccc2CNC(=O)C2CCCN2S(C)(=O)=O)CC(C)O1. The van der Waals surface area contributed by atoms with Gasteiger partial charge >= 0.3 is 0 Å². The quantitative estimate of drug-likeness (QED) is 0.767. The van der Waals surface area contributed by atoms with Crippen molar-refractivity contribution in [1.82, 2.24) is 14.5 Å². The Hall–Kier alpha value is -1.48. The van der Waals surface area contributed by atoms with Crippen molar-refractivity contribution >= 4 is 15.9 Å². The van der Waals surface area contributed by atoms with Crippen LogP contribution in [0.25, 0.3) is 0 Å². The molecular weight excluding hydrogens is 378 g/mol. The van der Waals surface area contributed by atoms with Gasteiger partial charge in [0.05, 0.1) is 18.5 Å². The summed E-state index contributed by atoms with van der Waals surface area (Å²) in [6.07, 6.45) is 2.87. The second kappa shape index (κ2) is 8.90. The number of sulfonamides is 1. The fraction of sp³-hybridized carbons (Fsp3) is 0.650. The molecule has 3 atom stereocenters. The number of carbonyl (C=O) groups is 1. The molecule has 2 heterocycles. The lowest BCUT2D eigenvalue weighted by atomic mass is 10.1. The van der Waals surface area contributed by atoms with Gasteiger partial charge in [-0.2, -0.15) is 4.31 Å². The topological polar surface area (TPSA) is 79.0 Å². The van der Waals surface area contributed by atoms with Gasteiger partial charge in [0.25, 0.3) is 0 Å². The van der Waals surface area contributed by atoms with E-state index in [2.05, 4.69) is 30.1 Å². The number of benzene rings is 1. The van der Waals surface area contributed by atoms with E-state index in [1.54, 1.807) is 0 Å². The normalized spacial score (nSPS) is 27.0. The summed E-state index contributed by atoms with van der Waals surface area (Å²) in [5.41, 5.74) is 2.24. The van der Waals surface area contributed by atoms with Crippen LogP contribution in [-0.4, -0.2) is 67.7 Å². The smallest absolute Gasteiger partial charge is 0.238 e. The molecule has 28 heavy (non-hydrogen) atoms. The highest BCUT2D eigenvalue weighted by Crippen LogP contribution is 2.21. The molecule has 2 aliphatic rings. The van der Waals surface area contributed by atoms with Crippen LogP contribution in [-0.2, 0) is 32.6 Å². The maximum absolute atomic E-state index is 12.6. The number of nitrogens with one attached hydrogen (secondary N) is 1. The Labute approximate surface area is 168 Å². The zero-order valence-electron chi connectivity index (χ0n) is 16.9. The number of hydrogen-bond donors (Lipinski definition) is 1. The lowest BCUT2D eigenvalue weighted by molar-refractivity contribution is -0.124. The number of carbonyl (C=O) groups excluding carboxylic acids is 1. The lowest BCUT2D eigenvalue weighted by Gasteiger charge is -2.35. The van der Waals surface area contributed by atoms with Crippen LogP contribution in [0.1, 0.15) is 37.8 Å². The summed E-state index contributed by atoms with van der Waals surface area (Å²) in [6.45, 7) is 7.57. The highest BCUT2D eigenvalue weighted by atomic mass is 32.2. The maximum Gasteiger partial charge on any atom is 0.238 e. The van der Waals surface area contributed by atoms with Gasteiger partial charge in [-0.25, -0.2) is 8.42 Å². The molecule has 3 unspecified atom stereocenters. The minimum atomic E-state index is -3.36. The summed E-state index contributed by atoms with van der Waals surface area (Å²) in [6, 6.07) is 7.49. The Morgan fingerprint density at radius 2 is 1.82 bits per heavy atom. The van der Waals surface area contributed by atoms with Crippen molar-refractivity contribution in [1.29, 1.82) is 0 Å². The zero-order valence-corrected chi connectivity index (χ0v) is 17.7. The first-order chi connectivity index (χ1) is 13.2. The molecule has 0 saturated carbocycles. The van der Waals surface area contributed by atoms with Crippen molar-refractivity contribution in [2.45, 2.75) is 58.0 Å². The third-order valence-corrected chi connectivity index (χ3v) is 6.68. The molecule has 1 aromatic rings. The summed E-state index contributed by atoms with van der Waals surface area (Å²) >= 11 is 0. The monoisotopic (exact) mass is 409 g/mol. The minimum absolute atomic E-state index is 0.208. The fourth-order valence-corrected chi connectivity index (χ4v) is 5.36. The first-order valence-corrected chi connectivity index (χ1v) is 11.8. The number of nitrogens with zero attached hydrogens (tertiary/aromatic N) is 2. The molecule has 2 aliphatic heterocycles. The van der Waals surface area contributed by atoms with Gasteiger partial charge in [-0.3, -0.25) is 9.69 Å². The Morgan fingerprint density at radius 3 is 2.46 bits per heavy atom. The van der Waals surface area contributed by atoms with Crippen LogP contribution < -0.4 is 5.32 Å². The predicted molar refractivity (Wildman–Crippen MR) is 108 cm³/mol. The van der Waals surface area contributed by atoms with E-state index in [-0.39, 0.29) is 18.1 Å². The number of morpholine rings is 1. The van der Waals surface area contributed by atoms with Crippen molar-refractivity contribution in [2.75, 3.05) is 25.9 Å². The largest absolute Gasteiger partial charge is 0.373 e. The van der Waals surface area contributed by atoms with Gasteiger partial charge in [-0.1, -0.05) is 24.3 Å². The van der Waals surface area contributed by atoms with E-state index in [4.69, 9.17) is 4.74 Å². The van der Waals surface area contributed by atoms with E-state index in [1.807, 2.05) is 18.2 Å². The van der Waals surface area contributed by atoms with Gasteiger partial charge in [0, 0.05) is 32.7 Å². The molecule has 0 aromatic heterocycles. The first kappa shape index (κ1) is 21.2. The molecule has 1 N–H and O–H groups in total. The van der Waals surface area contributed by atoms with Gasteiger partial charge in [-0.05, 0) is 37.8 Å². The third kappa shape index (κ3) is 5.31. The highest BCUT2D eigenvalue weighted by molar-refractivity contribution is 7.88. The average Bonchev–Trinajstić information content (AvgIpc) is 3.10. The lowest BCUT2D eigenvalue weighted by Crippen LogP contribution is -2.45. The Balaban J connectivity index is 1.63. The standard InChI is InChI=1S/C20H31N3O4S/c1-15-12-22(13-16(2)27-15)14-18-8-5-4-7-17(18)11-21-20(24)19-9-6-10-23(19)28(3,25)26/h4-5,7-8,15-16,19H,6,9-14H2,1-3H3,(H,21,24). The Kier molecular flexibility index (Phi) is 6.75. The van der Waals surface area contributed by atoms with Crippen LogP contribution in [0.15, 0.2) is 24.3 Å². The summed E-state index contributed by atoms with van der Waals surface area (Å²) in [5.74, 6) is -0.216. The fourth-order valence-electron chi connectivity index (χ4n) is 4.24. The van der Waals surface area contributed by atoms with Crippen molar-refractivity contribution in [3.05, 3.63) is 35.4 Å². The van der Waals surface area contributed by atoms with Gasteiger partial charge in [-0.15, -0.1) is 0 Å². The van der Waals surface area contributed by atoms with E-state index in [1.165, 1.54) is 9.87 Å². The van der Waals surface area contributed by atoms with Gasteiger partial charge in [0.15, 0.2) is 0 Å². The molecule has 2 fully saturated rings. The van der Waals surface area contributed by atoms with Crippen LogP contribution in [0, 0.1) is 0 Å².